The highest BCUT2D eigenvalue weighted by atomic mass is 35.5. The molecule has 1 fully saturated rings. The SMILES string of the molecule is Cl.Cl.O=C(c1cn2c(n1)CCNCC2)N1CCCC2(CCc3cnc(-c4ccccc4)nc32)C1. The molecule has 1 aromatic carbocycles. The number of likely N-dealkylation sites (tertiary alicyclic amines) is 1. The van der Waals surface area contributed by atoms with Gasteiger partial charge >= 0.3 is 0 Å². The average Bonchev–Trinajstić information content (AvgIpc) is 3.32. The van der Waals surface area contributed by atoms with E-state index >= 15 is 0 Å². The van der Waals surface area contributed by atoms with E-state index in [1.165, 1.54) is 5.56 Å². The van der Waals surface area contributed by atoms with Crippen LogP contribution < -0.4 is 5.32 Å². The maximum atomic E-state index is 13.4. The number of hydrogen-bond acceptors (Lipinski definition) is 5. The fourth-order valence-corrected chi connectivity index (χ4v) is 5.61. The lowest BCUT2D eigenvalue weighted by Crippen LogP contribution is -2.48. The van der Waals surface area contributed by atoms with Gasteiger partial charge in [0.05, 0.1) is 5.69 Å². The lowest BCUT2D eigenvalue weighted by molar-refractivity contribution is 0.0628. The molecule has 2 aromatic heterocycles. The van der Waals surface area contributed by atoms with Gasteiger partial charge in [-0.3, -0.25) is 4.79 Å². The summed E-state index contributed by atoms with van der Waals surface area (Å²) >= 11 is 0. The molecular formula is C25H30Cl2N6O. The Bertz CT molecular complexity index is 1140. The summed E-state index contributed by atoms with van der Waals surface area (Å²) in [5, 5.41) is 3.38. The van der Waals surface area contributed by atoms with Crippen LogP contribution in [0.25, 0.3) is 11.4 Å². The van der Waals surface area contributed by atoms with Crippen LogP contribution in [-0.2, 0) is 24.8 Å². The number of aromatic nitrogens is 4. The number of fused-ring (bicyclic) bond motifs is 3. The highest BCUT2D eigenvalue weighted by Gasteiger charge is 2.45. The van der Waals surface area contributed by atoms with Gasteiger partial charge in [-0.15, -0.1) is 24.8 Å². The predicted molar refractivity (Wildman–Crippen MR) is 136 cm³/mol. The molecule has 3 aromatic rings. The summed E-state index contributed by atoms with van der Waals surface area (Å²) in [7, 11) is 0. The van der Waals surface area contributed by atoms with Gasteiger partial charge in [0.25, 0.3) is 5.91 Å². The van der Waals surface area contributed by atoms with Gasteiger partial charge in [0.1, 0.15) is 11.5 Å². The largest absolute Gasteiger partial charge is 0.336 e. The Labute approximate surface area is 212 Å². The molecule has 2 aliphatic heterocycles. The van der Waals surface area contributed by atoms with Crippen LogP contribution >= 0.6 is 24.8 Å². The summed E-state index contributed by atoms with van der Waals surface area (Å²) < 4.78 is 2.14. The lowest BCUT2D eigenvalue weighted by Gasteiger charge is -2.40. The zero-order chi connectivity index (χ0) is 21.5. The van der Waals surface area contributed by atoms with E-state index in [1.54, 1.807) is 0 Å². The van der Waals surface area contributed by atoms with Crippen LogP contribution in [0.3, 0.4) is 0 Å². The Balaban J connectivity index is 0.00000137. The van der Waals surface area contributed by atoms with Gasteiger partial charge in [-0.2, -0.15) is 0 Å². The van der Waals surface area contributed by atoms with Gasteiger partial charge in [-0.1, -0.05) is 30.3 Å². The number of hydrogen-bond donors (Lipinski definition) is 1. The first-order valence-corrected chi connectivity index (χ1v) is 11.7. The number of rotatable bonds is 2. The second kappa shape index (κ2) is 10.0. The molecule has 3 aliphatic rings. The number of piperidine rings is 1. The highest BCUT2D eigenvalue weighted by molar-refractivity contribution is 5.92. The average molecular weight is 501 g/mol. The minimum Gasteiger partial charge on any atom is -0.336 e. The number of amides is 1. The zero-order valence-electron chi connectivity index (χ0n) is 19.1. The van der Waals surface area contributed by atoms with Crippen molar-refractivity contribution in [1.29, 1.82) is 0 Å². The van der Waals surface area contributed by atoms with Crippen LogP contribution in [0, 0.1) is 0 Å². The van der Waals surface area contributed by atoms with Gasteiger partial charge in [0, 0.05) is 62.5 Å². The lowest BCUT2D eigenvalue weighted by atomic mass is 9.77. The molecule has 0 saturated carbocycles. The third kappa shape index (κ3) is 4.32. The number of imidazole rings is 1. The molecule has 7 nitrogen and oxygen atoms in total. The number of carbonyl (C=O) groups excluding carboxylic acids is 1. The van der Waals surface area contributed by atoms with Crippen LogP contribution in [0.1, 0.15) is 46.8 Å². The van der Waals surface area contributed by atoms with Gasteiger partial charge in [0.15, 0.2) is 5.82 Å². The molecule has 1 atom stereocenters. The molecular weight excluding hydrogens is 471 g/mol. The van der Waals surface area contributed by atoms with E-state index in [4.69, 9.17) is 9.97 Å². The topological polar surface area (TPSA) is 75.9 Å². The Hall–Kier alpha value is -2.48. The Morgan fingerprint density at radius 1 is 1.00 bits per heavy atom. The standard InChI is InChI=1S/C25H28N6O.2ClH/c32-24(20-16-30-14-12-26-11-8-21(30)28-20)31-13-4-9-25(17-31)10-7-19-15-27-23(29-22(19)25)18-5-2-1-3-6-18;;/h1-3,5-6,15-16,26H,4,7-14,17H2;2*1H. The second-order valence-corrected chi connectivity index (χ2v) is 9.28. The Morgan fingerprint density at radius 3 is 2.71 bits per heavy atom. The first kappa shape index (κ1) is 24.6. The van der Waals surface area contributed by atoms with E-state index in [0.717, 1.165) is 81.2 Å². The number of halogens is 2. The maximum Gasteiger partial charge on any atom is 0.274 e. The molecule has 1 N–H and O–H groups in total. The summed E-state index contributed by atoms with van der Waals surface area (Å²) in [6.07, 6.45) is 8.89. The molecule has 0 bridgehead atoms. The Morgan fingerprint density at radius 2 is 1.85 bits per heavy atom. The van der Waals surface area contributed by atoms with E-state index < -0.39 is 0 Å². The molecule has 1 spiro atoms. The van der Waals surface area contributed by atoms with Crippen molar-refractivity contribution >= 4 is 30.7 Å². The van der Waals surface area contributed by atoms with Gasteiger partial charge in [0.2, 0.25) is 0 Å². The van der Waals surface area contributed by atoms with Crippen molar-refractivity contribution < 1.29 is 4.79 Å². The van der Waals surface area contributed by atoms with Crippen molar-refractivity contribution in [3.05, 3.63) is 65.5 Å². The number of carbonyl (C=O) groups is 1. The van der Waals surface area contributed by atoms with E-state index in [0.29, 0.717) is 12.2 Å². The second-order valence-electron chi connectivity index (χ2n) is 9.28. The fourth-order valence-electron chi connectivity index (χ4n) is 5.61. The van der Waals surface area contributed by atoms with Crippen LogP contribution in [0.2, 0.25) is 0 Å². The van der Waals surface area contributed by atoms with Gasteiger partial charge < -0.3 is 14.8 Å². The van der Waals surface area contributed by atoms with E-state index in [9.17, 15) is 4.79 Å². The molecule has 4 heterocycles. The number of nitrogens with zero attached hydrogens (tertiary/aromatic N) is 5. The molecule has 180 valence electrons. The third-order valence-electron chi connectivity index (χ3n) is 7.27. The molecule has 1 saturated heterocycles. The maximum absolute atomic E-state index is 13.4. The summed E-state index contributed by atoms with van der Waals surface area (Å²) in [5.74, 6) is 1.85. The quantitative estimate of drug-likeness (QED) is 0.582. The third-order valence-corrected chi connectivity index (χ3v) is 7.27. The van der Waals surface area contributed by atoms with Crippen molar-refractivity contribution in [2.45, 2.75) is 44.1 Å². The van der Waals surface area contributed by atoms with E-state index in [-0.39, 0.29) is 36.1 Å². The summed E-state index contributed by atoms with van der Waals surface area (Å²) in [6, 6.07) is 10.2. The van der Waals surface area contributed by atoms with Crippen molar-refractivity contribution in [3.8, 4) is 11.4 Å². The zero-order valence-corrected chi connectivity index (χ0v) is 20.7. The van der Waals surface area contributed by atoms with Gasteiger partial charge in [-0.25, -0.2) is 15.0 Å². The molecule has 0 radical (unpaired) electrons. The van der Waals surface area contributed by atoms with Crippen molar-refractivity contribution in [1.82, 2.24) is 29.7 Å². The first-order valence-electron chi connectivity index (χ1n) is 11.7. The molecule has 1 amide bonds. The summed E-state index contributed by atoms with van der Waals surface area (Å²) in [6.45, 7) is 4.21. The summed E-state index contributed by atoms with van der Waals surface area (Å²) in [4.78, 5) is 29.9. The molecule has 6 rings (SSSR count). The van der Waals surface area contributed by atoms with Crippen LogP contribution in [0.15, 0.2) is 42.7 Å². The smallest absolute Gasteiger partial charge is 0.274 e. The molecule has 34 heavy (non-hydrogen) atoms. The first-order chi connectivity index (χ1) is 15.7. The van der Waals surface area contributed by atoms with Crippen molar-refractivity contribution in [2.75, 3.05) is 26.2 Å². The monoisotopic (exact) mass is 500 g/mol. The number of nitrogens with one attached hydrogen (secondary N) is 1. The minimum absolute atomic E-state index is 0. The fraction of sp³-hybridized carbons (Fsp3) is 0.440. The normalized spacial score (nSPS) is 21.1. The molecule has 1 aliphatic carbocycles. The number of aryl methyl sites for hydroxylation is 1. The van der Waals surface area contributed by atoms with Crippen LogP contribution in [0.4, 0.5) is 0 Å². The van der Waals surface area contributed by atoms with Crippen molar-refractivity contribution in [2.24, 2.45) is 0 Å². The van der Waals surface area contributed by atoms with E-state index in [2.05, 4.69) is 27.0 Å². The molecule has 1 unspecified atom stereocenters. The summed E-state index contributed by atoms with van der Waals surface area (Å²) in [5.41, 5.74) is 3.94. The predicted octanol–water partition coefficient (Wildman–Crippen LogP) is 3.45. The van der Waals surface area contributed by atoms with Crippen LogP contribution in [0.5, 0.6) is 0 Å². The van der Waals surface area contributed by atoms with Crippen molar-refractivity contribution in [3.63, 3.8) is 0 Å². The minimum atomic E-state index is -0.0729. The van der Waals surface area contributed by atoms with Gasteiger partial charge in [-0.05, 0) is 31.2 Å². The Kier molecular flexibility index (Phi) is 7.26. The van der Waals surface area contributed by atoms with E-state index in [1.807, 2.05) is 35.5 Å². The molecule has 9 heteroatoms. The van der Waals surface area contributed by atoms with Crippen LogP contribution in [-0.4, -0.2) is 56.5 Å². The highest BCUT2D eigenvalue weighted by Crippen LogP contribution is 2.44. The number of benzene rings is 1.